The van der Waals surface area contributed by atoms with Crippen LogP contribution in [0, 0.1) is 5.82 Å². The highest BCUT2D eigenvalue weighted by Crippen LogP contribution is 2.44. The standard InChI is InChI=1S/C18H18FN5O/c1-23-10-13(9-20-23)24-18(15-8-14-5-6-16(15)25-14)21-17(22-24)11-3-2-4-12(19)7-11/h2-4,7,9-10,14-16H,5-6,8H2,1H3/t14-,15-,16+/m0/s1. The van der Waals surface area contributed by atoms with E-state index >= 15 is 0 Å². The molecule has 0 spiro atoms. The fourth-order valence-electron chi connectivity index (χ4n) is 3.93. The molecule has 0 radical (unpaired) electrons. The molecule has 0 amide bonds. The fraction of sp³-hybridized carbons (Fsp3) is 0.389. The number of benzene rings is 1. The average Bonchev–Trinajstić information content (AvgIpc) is 3.37. The van der Waals surface area contributed by atoms with E-state index in [1.165, 1.54) is 12.1 Å². The molecule has 25 heavy (non-hydrogen) atoms. The molecule has 0 N–H and O–H groups in total. The van der Waals surface area contributed by atoms with Crippen LogP contribution in [0.1, 0.15) is 31.0 Å². The monoisotopic (exact) mass is 339 g/mol. The topological polar surface area (TPSA) is 57.8 Å². The minimum Gasteiger partial charge on any atom is -0.374 e. The van der Waals surface area contributed by atoms with Crippen molar-refractivity contribution in [3.63, 3.8) is 0 Å². The smallest absolute Gasteiger partial charge is 0.181 e. The summed E-state index contributed by atoms with van der Waals surface area (Å²) in [6.07, 6.45) is 7.34. The predicted octanol–water partition coefficient (Wildman–Crippen LogP) is 2.84. The van der Waals surface area contributed by atoms with Gasteiger partial charge in [-0.3, -0.25) is 4.68 Å². The van der Waals surface area contributed by atoms with Crippen molar-refractivity contribution >= 4 is 0 Å². The molecule has 7 heteroatoms. The first-order valence-electron chi connectivity index (χ1n) is 8.55. The number of rotatable bonds is 3. The van der Waals surface area contributed by atoms with Gasteiger partial charge in [-0.25, -0.2) is 14.1 Å². The Morgan fingerprint density at radius 1 is 1.28 bits per heavy atom. The predicted molar refractivity (Wildman–Crippen MR) is 88.8 cm³/mol. The van der Waals surface area contributed by atoms with Crippen LogP contribution in [0.5, 0.6) is 0 Å². The number of hydrogen-bond donors (Lipinski definition) is 0. The molecule has 2 saturated heterocycles. The molecule has 2 bridgehead atoms. The zero-order chi connectivity index (χ0) is 17.0. The summed E-state index contributed by atoms with van der Waals surface area (Å²) in [5.74, 6) is 1.33. The van der Waals surface area contributed by atoms with Gasteiger partial charge in [-0.1, -0.05) is 12.1 Å². The van der Waals surface area contributed by atoms with E-state index < -0.39 is 0 Å². The van der Waals surface area contributed by atoms with Crippen LogP contribution in [-0.4, -0.2) is 36.8 Å². The van der Waals surface area contributed by atoms with Crippen molar-refractivity contribution in [2.24, 2.45) is 7.05 Å². The third-order valence-electron chi connectivity index (χ3n) is 5.09. The summed E-state index contributed by atoms with van der Waals surface area (Å²) in [4.78, 5) is 4.78. The van der Waals surface area contributed by atoms with Gasteiger partial charge in [-0.15, -0.1) is 5.10 Å². The molecule has 2 aromatic heterocycles. The van der Waals surface area contributed by atoms with E-state index in [-0.39, 0.29) is 17.8 Å². The summed E-state index contributed by atoms with van der Waals surface area (Å²) in [6.45, 7) is 0. The Labute approximate surface area is 144 Å². The van der Waals surface area contributed by atoms with Crippen LogP contribution in [0.4, 0.5) is 4.39 Å². The highest BCUT2D eigenvalue weighted by atomic mass is 19.1. The van der Waals surface area contributed by atoms with E-state index in [4.69, 9.17) is 9.72 Å². The quantitative estimate of drug-likeness (QED) is 0.736. The highest BCUT2D eigenvalue weighted by molar-refractivity contribution is 5.55. The number of halogens is 1. The summed E-state index contributed by atoms with van der Waals surface area (Å²) < 4.78 is 23.2. The van der Waals surface area contributed by atoms with Crippen LogP contribution in [0.25, 0.3) is 17.1 Å². The number of nitrogens with zero attached hydrogens (tertiary/aromatic N) is 5. The first-order valence-corrected chi connectivity index (χ1v) is 8.55. The van der Waals surface area contributed by atoms with E-state index in [9.17, 15) is 4.39 Å². The van der Waals surface area contributed by atoms with Crippen molar-refractivity contribution in [1.82, 2.24) is 24.5 Å². The molecule has 0 aliphatic carbocycles. The molecule has 6 nitrogen and oxygen atoms in total. The lowest BCUT2D eigenvalue weighted by Gasteiger charge is -2.17. The van der Waals surface area contributed by atoms with Gasteiger partial charge in [0.05, 0.1) is 24.6 Å². The molecule has 4 heterocycles. The van der Waals surface area contributed by atoms with Gasteiger partial charge < -0.3 is 4.74 Å². The Hall–Kier alpha value is -2.54. The van der Waals surface area contributed by atoms with Crippen LogP contribution in [-0.2, 0) is 11.8 Å². The third kappa shape index (κ3) is 2.46. The lowest BCUT2D eigenvalue weighted by Crippen LogP contribution is -2.18. The lowest BCUT2D eigenvalue weighted by molar-refractivity contribution is 0.0997. The van der Waals surface area contributed by atoms with Crippen molar-refractivity contribution < 1.29 is 9.13 Å². The lowest BCUT2D eigenvalue weighted by atomic mass is 9.88. The molecule has 5 rings (SSSR count). The Bertz CT molecular complexity index is 933. The van der Waals surface area contributed by atoms with E-state index in [2.05, 4.69) is 10.2 Å². The van der Waals surface area contributed by atoms with Gasteiger partial charge >= 0.3 is 0 Å². The minimum absolute atomic E-state index is 0.199. The largest absolute Gasteiger partial charge is 0.374 e. The second-order valence-electron chi connectivity index (χ2n) is 6.80. The fourth-order valence-corrected chi connectivity index (χ4v) is 3.93. The van der Waals surface area contributed by atoms with Gasteiger partial charge in [0.25, 0.3) is 0 Å². The van der Waals surface area contributed by atoms with Gasteiger partial charge in [0.1, 0.15) is 17.3 Å². The molecule has 3 aromatic rings. The SMILES string of the molecule is Cn1cc(-n2nc(-c3cccc(F)c3)nc2[C@H]2C[C@@H]3CC[C@H]2O3)cn1. The van der Waals surface area contributed by atoms with Crippen LogP contribution >= 0.6 is 0 Å². The number of fused-ring (bicyclic) bond motifs is 2. The molecule has 2 fully saturated rings. The molecule has 2 aliphatic rings. The van der Waals surface area contributed by atoms with E-state index in [0.29, 0.717) is 17.5 Å². The normalized spacial score (nSPS) is 25.0. The van der Waals surface area contributed by atoms with Gasteiger partial charge in [-0.2, -0.15) is 5.10 Å². The van der Waals surface area contributed by atoms with Crippen LogP contribution in [0.2, 0.25) is 0 Å². The van der Waals surface area contributed by atoms with Gasteiger partial charge in [0.2, 0.25) is 0 Å². The molecular weight excluding hydrogens is 321 g/mol. The van der Waals surface area contributed by atoms with Crippen molar-refractivity contribution in [3.05, 3.63) is 48.3 Å². The Balaban J connectivity index is 1.63. The number of ether oxygens (including phenoxy) is 1. The Morgan fingerprint density at radius 2 is 2.20 bits per heavy atom. The molecule has 0 unspecified atom stereocenters. The van der Waals surface area contributed by atoms with Crippen molar-refractivity contribution in [2.45, 2.75) is 37.4 Å². The molecule has 128 valence electrons. The van der Waals surface area contributed by atoms with Gasteiger partial charge in [-0.05, 0) is 31.4 Å². The van der Waals surface area contributed by atoms with Gasteiger partial charge in [0.15, 0.2) is 5.82 Å². The molecule has 1 aromatic carbocycles. The molecule has 2 aliphatic heterocycles. The summed E-state index contributed by atoms with van der Waals surface area (Å²) in [6, 6.07) is 6.39. The average molecular weight is 339 g/mol. The highest BCUT2D eigenvalue weighted by Gasteiger charge is 2.44. The van der Waals surface area contributed by atoms with Crippen LogP contribution in [0.3, 0.4) is 0 Å². The summed E-state index contributed by atoms with van der Waals surface area (Å²) >= 11 is 0. The summed E-state index contributed by atoms with van der Waals surface area (Å²) in [7, 11) is 1.87. The van der Waals surface area contributed by atoms with E-state index in [0.717, 1.165) is 30.8 Å². The second-order valence-corrected chi connectivity index (χ2v) is 6.80. The maximum atomic E-state index is 13.6. The maximum Gasteiger partial charge on any atom is 0.181 e. The zero-order valence-corrected chi connectivity index (χ0v) is 13.8. The summed E-state index contributed by atoms with van der Waals surface area (Å²) in [5.41, 5.74) is 1.53. The third-order valence-corrected chi connectivity index (χ3v) is 5.09. The first kappa shape index (κ1) is 14.8. The second kappa shape index (κ2) is 5.49. The molecule has 0 saturated carbocycles. The van der Waals surface area contributed by atoms with E-state index in [1.54, 1.807) is 16.9 Å². The van der Waals surface area contributed by atoms with Gasteiger partial charge in [0, 0.05) is 18.5 Å². The minimum atomic E-state index is -0.292. The zero-order valence-electron chi connectivity index (χ0n) is 13.8. The number of aromatic nitrogens is 5. The van der Waals surface area contributed by atoms with Crippen LogP contribution in [0.15, 0.2) is 36.7 Å². The van der Waals surface area contributed by atoms with Crippen molar-refractivity contribution in [2.75, 3.05) is 0 Å². The molecule has 3 atom stereocenters. The van der Waals surface area contributed by atoms with Crippen molar-refractivity contribution in [1.29, 1.82) is 0 Å². The first-order chi connectivity index (χ1) is 12.2. The maximum absolute atomic E-state index is 13.6. The van der Waals surface area contributed by atoms with Crippen molar-refractivity contribution in [3.8, 4) is 17.1 Å². The van der Waals surface area contributed by atoms with E-state index in [1.807, 2.05) is 24.0 Å². The summed E-state index contributed by atoms with van der Waals surface area (Å²) in [5, 5.41) is 8.90. The Kier molecular flexibility index (Phi) is 3.24. The number of hydrogen-bond acceptors (Lipinski definition) is 4. The molecular formula is C18H18FN5O. The Morgan fingerprint density at radius 3 is 2.88 bits per heavy atom. The van der Waals surface area contributed by atoms with Crippen LogP contribution < -0.4 is 0 Å². The number of aryl methyl sites for hydroxylation is 1.